The number of carbonyl (C=O) groups excluding carboxylic acids is 2. The predicted molar refractivity (Wildman–Crippen MR) is 132 cm³/mol. The van der Waals surface area contributed by atoms with E-state index in [1.807, 2.05) is 91.0 Å². The van der Waals surface area contributed by atoms with E-state index in [1.165, 1.54) is 0 Å². The van der Waals surface area contributed by atoms with Crippen molar-refractivity contribution in [1.29, 1.82) is 0 Å². The first kappa shape index (κ1) is 26.3. The summed E-state index contributed by atoms with van der Waals surface area (Å²) in [7, 11) is -0.461. The molecular weight excluding hydrogens is 463 g/mol. The molecule has 182 valence electrons. The van der Waals surface area contributed by atoms with E-state index < -0.39 is 32.6 Å². The smallest absolute Gasteiger partial charge is 0.327 e. The molecule has 0 radical (unpaired) electrons. The molecule has 0 spiro atoms. The Morgan fingerprint density at radius 3 is 1.77 bits per heavy atom. The summed E-state index contributed by atoms with van der Waals surface area (Å²) >= 11 is 0. The van der Waals surface area contributed by atoms with Gasteiger partial charge in [-0.1, -0.05) is 91.0 Å². The molecule has 3 rings (SSSR count). The highest BCUT2D eigenvalue weighted by Gasteiger charge is 2.27. The zero-order valence-corrected chi connectivity index (χ0v) is 20.3. The average Bonchev–Trinajstić information content (AvgIpc) is 2.90. The lowest BCUT2D eigenvalue weighted by molar-refractivity contribution is -0.152. The molecule has 0 fully saturated rings. The van der Waals surface area contributed by atoms with E-state index in [2.05, 4.69) is 0 Å². The number of hydrogen-bond acceptors (Lipinski definition) is 6. The summed E-state index contributed by atoms with van der Waals surface area (Å²) in [4.78, 5) is 25.4. The van der Waals surface area contributed by atoms with Gasteiger partial charge in [-0.05, 0) is 36.0 Å². The van der Waals surface area contributed by atoms with Crippen molar-refractivity contribution in [3.8, 4) is 0 Å². The van der Waals surface area contributed by atoms with E-state index in [4.69, 9.17) is 14.0 Å². The number of ether oxygens (including phenoxy) is 2. The average molecular weight is 493 g/mol. The third-order valence-electron chi connectivity index (χ3n) is 5.54. The van der Waals surface area contributed by atoms with Gasteiger partial charge in [-0.15, -0.1) is 0 Å². The first-order chi connectivity index (χ1) is 17.1. The maximum absolute atomic E-state index is 13.0. The zero-order valence-electron chi connectivity index (χ0n) is 19.5. The predicted octanol–water partition coefficient (Wildman–Crippen LogP) is 6.09. The summed E-state index contributed by atoms with van der Waals surface area (Å²) in [5.74, 6) is -1.43. The Labute approximate surface area is 207 Å². The molecule has 3 aromatic carbocycles. The summed E-state index contributed by atoms with van der Waals surface area (Å²) in [6.07, 6.45) is 0.573. The summed E-state index contributed by atoms with van der Waals surface area (Å²) in [6, 6.07) is 28.4. The zero-order chi connectivity index (χ0) is 24.7. The van der Waals surface area contributed by atoms with Crippen molar-refractivity contribution in [2.45, 2.75) is 45.0 Å². The van der Waals surface area contributed by atoms with Gasteiger partial charge in [-0.3, -0.25) is 14.1 Å². The number of rotatable bonds is 14. The van der Waals surface area contributed by atoms with Crippen molar-refractivity contribution in [3.05, 3.63) is 108 Å². The van der Waals surface area contributed by atoms with Gasteiger partial charge in [0.05, 0.1) is 12.0 Å². The lowest BCUT2D eigenvalue weighted by atomic mass is 9.93. The molecule has 0 aromatic heterocycles. The third kappa shape index (κ3) is 9.81. The standard InChI is InChI=1S/C28H29O6P/c29-27(32-20-23-12-6-2-7-13-23)17-16-25(28(30)33-21-24-14-8-3-9-15-24)19-26(34-35-31)18-22-10-4-1-5-11-22/h1-15,25-26H,16-21H2. The molecule has 0 aliphatic carbocycles. The van der Waals surface area contributed by atoms with Gasteiger partial charge in [0, 0.05) is 6.42 Å². The maximum atomic E-state index is 13.0. The van der Waals surface area contributed by atoms with Crippen LogP contribution in [0.5, 0.6) is 0 Å². The van der Waals surface area contributed by atoms with E-state index in [9.17, 15) is 14.2 Å². The van der Waals surface area contributed by atoms with Crippen LogP contribution in [0.3, 0.4) is 0 Å². The quantitative estimate of drug-likeness (QED) is 0.200. The van der Waals surface area contributed by atoms with Crippen LogP contribution in [-0.2, 0) is 47.8 Å². The Balaban J connectivity index is 1.61. The maximum Gasteiger partial charge on any atom is 0.327 e. The minimum Gasteiger partial charge on any atom is -0.461 e. The molecule has 2 atom stereocenters. The molecule has 0 aliphatic rings. The van der Waals surface area contributed by atoms with Crippen LogP contribution in [0, 0.1) is 5.92 Å². The normalized spacial score (nSPS) is 12.6. The number of benzene rings is 3. The fraction of sp³-hybridized carbons (Fsp3) is 0.286. The van der Waals surface area contributed by atoms with Crippen molar-refractivity contribution in [2.75, 3.05) is 0 Å². The highest BCUT2D eigenvalue weighted by Crippen LogP contribution is 2.24. The van der Waals surface area contributed by atoms with Gasteiger partial charge in [-0.25, -0.2) is 4.57 Å². The fourth-order valence-corrected chi connectivity index (χ4v) is 3.98. The lowest BCUT2D eigenvalue weighted by Crippen LogP contribution is -2.26. The van der Waals surface area contributed by atoms with Crippen molar-refractivity contribution < 1.29 is 28.2 Å². The Bertz CT molecular complexity index is 1040. The summed E-state index contributed by atoms with van der Waals surface area (Å²) < 4.78 is 27.5. The molecule has 2 unspecified atom stereocenters. The third-order valence-corrected chi connectivity index (χ3v) is 5.93. The summed E-state index contributed by atoms with van der Waals surface area (Å²) in [5, 5.41) is 0. The highest BCUT2D eigenvalue weighted by molar-refractivity contribution is 7.17. The van der Waals surface area contributed by atoms with Crippen LogP contribution in [0.4, 0.5) is 0 Å². The number of carbonyl (C=O) groups is 2. The van der Waals surface area contributed by atoms with Gasteiger partial charge in [0.1, 0.15) is 13.2 Å². The minimum absolute atomic E-state index is 0.0606. The molecule has 0 aliphatic heterocycles. The van der Waals surface area contributed by atoms with E-state index in [0.717, 1.165) is 16.7 Å². The lowest BCUT2D eigenvalue weighted by Gasteiger charge is -2.21. The van der Waals surface area contributed by atoms with Gasteiger partial charge in [-0.2, -0.15) is 0 Å². The molecular formula is C28H29O6P. The van der Waals surface area contributed by atoms with Crippen LogP contribution in [0.15, 0.2) is 91.0 Å². The van der Waals surface area contributed by atoms with Crippen molar-refractivity contribution >= 4 is 20.6 Å². The van der Waals surface area contributed by atoms with Crippen molar-refractivity contribution in [3.63, 3.8) is 0 Å². The van der Waals surface area contributed by atoms with Gasteiger partial charge in [0.15, 0.2) is 0 Å². The number of esters is 2. The van der Waals surface area contributed by atoms with Crippen LogP contribution >= 0.6 is 8.69 Å². The second kappa shape index (κ2) is 14.8. The van der Waals surface area contributed by atoms with E-state index in [-0.39, 0.29) is 32.5 Å². The Morgan fingerprint density at radius 1 is 0.714 bits per heavy atom. The first-order valence-corrected chi connectivity index (χ1v) is 12.3. The summed E-state index contributed by atoms with van der Waals surface area (Å²) in [6.45, 7) is 0.316. The van der Waals surface area contributed by atoms with Crippen molar-refractivity contribution in [1.82, 2.24) is 0 Å². The highest BCUT2D eigenvalue weighted by atomic mass is 31.1. The van der Waals surface area contributed by atoms with Crippen LogP contribution in [0.2, 0.25) is 0 Å². The van der Waals surface area contributed by atoms with E-state index in [1.54, 1.807) is 0 Å². The Hall–Kier alpha value is -3.34. The second-order valence-electron chi connectivity index (χ2n) is 8.20. The van der Waals surface area contributed by atoms with Crippen LogP contribution < -0.4 is 0 Å². The Morgan fingerprint density at radius 2 is 1.23 bits per heavy atom. The fourth-order valence-electron chi connectivity index (χ4n) is 3.70. The van der Waals surface area contributed by atoms with Crippen LogP contribution in [0.25, 0.3) is 0 Å². The molecule has 0 saturated carbocycles. The topological polar surface area (TPSA) is 78.9 Å². The molecule has 0 saturated heterocycles. The van der Waals surface area contributed by atoms with Gasteiger partial charge >= 0.3 is 20.6 Å². The van der Waals surface area contributed by atoms with E-state index in [0.29, 0.717) is 6.42 Å². The monoisotopic (exact) mass is 492 g/mol. The minimum atomic E-state index is -0.613. The molecule has 0 N–H and O–H groups in total. The largest absolute Gasteiger partial charge is 0.461 e. The molecule has 0 amide bonds. The second-order valence-corrected chi connectivity index (χ2v) is 8.56. The van der Waals surface area contributed by atoms with Gasteiger partial charge in [0.25, 0.3) is 0 Å². The molecule has 7 heteroatoms. The Kier molecular flexibility index (Phi) is 11.1. The molecule has 3 aromatic rings. The molecule has 35 heavy (non-hydrogen) atoms. The summed E-state index contributed by atoms with van der Waals surface area (Å²) in [5.41, 5.74) is 2.77. The first-order valence-electron chi connectivity index (χ1n) is 11.6. The number of hydrogen-bond donors (Lipinski definition) is 0. The van der Waals surface area contributed by atoms with Gasteiger partial charge < -0.3 is 9.47 Å². The molecule has 6 nitrogen and oxygen atoms in total. The SMILES string of the molecule is O=POC(Cc1ccccc1)CC(CCC(=O)OCc1ccccc1)C(=O)OCc1ccccc1. The molecule has 0 bridgehead atoms. The van der Waals surface area contributed by atoms with Crippen LogP contribution in [0.1, 0.15) is 36.0 Å². The van der Waals surface area contributed by atoms with Gasteiger partial charge in [0.2, 0.25) is 0 Å². The van der Waals surface area contributed by atoms with Crippen LogP contribution in [-0.4, -0.2) is 18.0 Å². The van der Waals surface area contributed by atoms with E-state index >= 15 is 0 Å². The molecule has 0 heterocycles. The van der Waals surface area contributed by atoms with Crippen molar-refractivity contribution in [2.24, 2.45) is 5.92 Å².